The minimum atomic E-state index is -0.881. The third kappa shape index (κ3) is 11.8. The minimum Gasteiger partial charge on any atom is -0.445 e. The third-order valence-electron chi connectivity index (χ3n) is 5.79. The Hall–Kier alpha value is -3.68. The first kappa shape index (κ1) is 33.5. The van der Waals surface area contributed by atoms with E-state index in [1.54, 1.807) is 69.3 Å². The van der Waals surface area contributed by atoms with Crippen LogP contribution in [0.2, 0.25) is 0 Å². The molecule has 2 aromatic carbocycles. The van der Waals surface area contributed by atoms with Crippen LogP contribution < -0.4 is 26.6 Å². The molecule has 5 N–H and O–H groups in total. The lowest BCUT2D eigenvalue weighted by Gasteiger charge is -2.24. The lowest BCUT2D eigenvalue weighted by molar-refractivity contribution is -0.128. The molecule has 0 unspecified atom stereocenters. The first-order valence-electron chi connectivity index (χ1n) is 13.3. The van der Waals surface area contributed by atoms with Crippen LogP contribution in [0.3, 0.4) is 0 Å². The Bertz CT molecular complexity index is 1200. The average Bonchev–Trinajstić information content (AvgIpc) is 2.94. The second-order valence-electron chi connectivity index (χ2n) is 10.2. The van der Waals surface area contributed by atoms with Gasteiger partial charge >= 0.3 is 6.09 Å². The summed E-state index contributed by atoms with van der Waals surface area (Å²) < 4.78 is 5.48. The predicted octanol–water partition coefficient (Wildman–Crippen LogP) is 3.84. The molecule has 2 rings (SSSR count). The Balaban J connectivity index is 1.89. The SMILES string of the molecule is CC(C)CNC(=O)OCc1ccc(NC(=O)[C@H](C)NC(=O)[C@@H](NC(=O)c2ccc(NC(=O)CI)cc2)C(C)C)cc1. The van der Waals surface area contributed by atoms with Gasteiger partial charge in [-0.1, -0.05) is 62.4 Å². The van der Waals surface area contributed by atoms with Crippen LogP contribution in [0, 0.1) is 11.8 Å². The molecule has 0 saturated carbocycles. The molecule has 0 spiro atoms. The number of carbonyl (C=O) groups excluding carboxylic acids is 5. The van der Waals surface area contributed by atoms with Crippen LogP contribution in [-0.2, 0) is 25.7 Å². The van der Waals surface area contributed by atoms with E-state index >= 15 is 0 Å². The van der Waals surface area contributed by atoms with E-state index in [0.717, 1.165) is 5.56 Å². The van der Waals surface area contributed by atoms with Crippen molar-refractivity contribution in [3.63, 3.8) is 0 Å². The fourth-order valence-electron chi connectivity index (χ4n) is 3.45. The van der Waals surface area contributed by atoms with Crippen molar-refractivity contribution in [2.45, 2.75) is 53.3 Å². The highest BCUT2D eigenvalue weighted by atomic mass is 127. The summed E-state index contributed by atoms with van der Waals surface area (Å²) >= 11 is 1.95. The number of ether oxygens (including phenoxy) is 1. The van der Waals surface area contributed by atoms with Gasteiger partial charge in [0.2, 0.25) is 17.7 Å². The van der Waals surface area contributed by atoms with Crippen LogP contribution >= 0.6 is 22.6 Å². The largest absolute Gasteiger partial charge is 0.445 e. The summed E-state index contributed by atoms with van der Waals surface area (Å²) in [5, 5.41) is 13.5. The monoisotopic (exact) mass is 679 g/mol. The van der Waals surface area contributed by atoms with Gasteiger partial charge in [-0.15, -0.1) is 0 Å². The maximum Gasteiger partial charge on any atom is 0.407 e. The molecule has 0 aliphatic heterocycles. The van der Waals surface area contributed by atoms with Gasteiger partial charge in [-0.3, -0.25) is 19.2 Å². The van der Waals surface area contributed by atoms with Crippen molar-refractivity contribution in [1.82, 2.24) is 16.0 Å². The summed E-state index contributed by atoms with van der Waals surface area (Å²) in [6, 6.07) is 11.4. The molecule has 5 amide bonds. The fourth-order valence-corrected chi connectivity index (χ4v) is 3.64. The molecule has 0 aliphatic rings. The van der Waals surface area contributed by atoms with Gasteiger partial charge in [-0.25, -0.2) is 4.79 Å². The van der Waals surface area contributed by atoms with E-state index in [1.807, 2.05) is 36.4 Å². The number of nitrogens with one attached hydrogen (secondary N) is 5. The van der Waals surface area contributed by atoms with E-state index < -0.39 is 35.9 Å². The van der Waals surface area contributed by atoms with Crippen LogP contribution in [0.5, 0.6) is 0 Å². The first-order chi connectivity index (χ1) is 19.4. The lowest BCUT2D eigenvalue weighted by Crippen LogP contribution is -2.53. The Labute approximate surface area is 254 Å². The predicted molar refractivity (Wildman–Crippen MR) is 166 cm³/mol. The van der Waals surface area contributed by atoms with Crippen LogP contribution in [-0.4, -0.2) is 52.8 Å². The van der Waals surface area contributed by atoms with Gasteiger partial charge < -0.3 is 31.3 Å². The third-order valence-corrected chi connectivity index (χ3v) is 6.48. The molecule has 11 nitrogen and oxygen atoms in total. The van der Waals surface area contributed by atoms with Gasteiger partial charge in [0.15, 0.2) is 0 Å². The van der Waals surface area contributed by atoms with Crippen molar-refractivity contribution in [2.24, 2.45) is 11.8 Å². The molecule has 2 aromatic rings. The summed E-state index contributed by atoms with van der Waals surface area (Å²) in [7, 11) is 0. The summed E-state index contributed by atoms with van der Waals surface area (Å²) in [4.78, 5) is 61.7. The second-order valence-corrected chi connectivity index (χ2v) is 11.0. The Morgan fingerprint density at radius 2 is 1.37 bits per heavy atom. The highest BCUT2D eigenvalue weighted by Gasteiger charge is 2.27. The number of alkyl carbamates (subject to hydrolysis) is 1. The Kier molecular flexibility index (Phi) is 13.5. The molecule has 0 aliphatic carbocycles. The molecule has 12 heteroatoms. The molecule has 222 valence electrons. The van der Waals surface area contributed by atoms with Crippen molar-refractivity contribution in [3.8, 4) is 0 Å². The Morgan fingerprint density at radius 1 is 0.780 bits per heavy atom. The molecular formula is C29H38IN5O6. The maximum atomic E-state index is 13.0. The molecule has 0 heterocycles. The average molecular weight is 680 g/mol. The smallest absolute Gasteiger partial charge is 0.407 e. The van der Waals surface area contributed by atoms with Crippen molar-refractivity contribution in [3.05, 3.63) is 59.7 Å². The van der Waals surface area contributed by atoms with Crippen molar-refractivity contribution < 1.29 is 28.7 Å². The van der Waals surface area contributed by atoms with Gasteiger partial charge in [-0.05, 0) is 60.7 Å². The van der Waals surface area contributed by atoms with Crippen LogP contribution in [0.15, 0.2) is 48.5 Å². The fraction of sp³-hybridized carbons (Fsp3) is 0.414. The maximum absolute atomic E-state index is 13.0. The molecule has 0 fully saturated rings. The van der Waals surface area contributed by atoms with Crippen molar-refractivity contribution >= 4 is 63.7 Å². The molecule has 2 atom stereocenters. The molecule has 0 bridgehead atoms. The number of hydrogen-bond acceptors (Lipinski definition) is 6. The minimum absolute atomic E-state index is 0.0895. The summed E-state index contributed by atoms with van der Waals surface area (Å²) in [6.07, 6.45) is -0.494. The molecular weight excluding hydrogens is 641 g/mol. The first-order valence-corrected chi connectivity index (χ1v) is 14.8. The normalized spacial score (nSPS) is 12.2. The van der Waals surface area contributed by atoms with Crippen LogP contribution in [0.25, 0.3) is 0 Å². The zero-order valence-corrected chi connectivity index (χ0v) is 26.0. The van der Waals surface area contributed by atoms with E-state index in [4.69, 9.17) is 4.74 Å². The number of anilines is 2. The zero-order chi connectivity index (χ0) is 30.5. The van der Waals surface area contributed by atoms with Gasteiger partial charge in [-0.2, -0.15) is 0 Å². The number of carbonyl (C=O) groups is 5. The lowest BCUT2D eigenvalue weighted by atomic mass is 10.0. The van der Waals surface area contributed by atoms with Gasteiger partial charge in [0.05, 0.1) is 4.43 Å². The number of rotatable bonds is 13. The molecule has 0 radical (unpaired) electrons. The van der Waals surface area contributed by atoms with E-state index in [2.05, 4.69) is 26.6 Å². The molecule has 41 heavy (non-hydrogen) atoms. The van der Waals surface area contributed by atoms with E-state index in [1.165, 1.54) is 0 Å². The van der Waals surface area contributed by atoms with Gasteiger partial charge in [0, 0.05) is 23.5 Å². The topological polar surface area (TPSA) is 155 Å². The Morgan fingerprint density at radius 3 is 1.93 bits per heavy atom. The van der Waals surface area contributed by atoms with Crippen LogP contribution in [0.1, 0.15) is 50.5 Å². The summed E-state index contributed by atoms with van der Waals surface area (Å²) in [5.41, 5.74) is 2.15. The highest BCUT2D eigenvalue weighted by Crippen LogP contribution is 2.13. The summed E-state index contributed by atoms with van der Waals surface area (Å²) in [5.74, 6) is -1.47. The zero-order valence-electron chi connectivity index (χ0n) is 23.9. The van der Waals surface area contributed by atoms with Crippen molar-refractivity contribution in [1.29, 1.82) is 0 Å². The van der Waals surface area contributed by atoms with Crippen LogP contribution in [0.4, 0.5) is 16.2 Å². The van der Waals surface area contributed by atoms with Gasteiger partial charge in [0.25, 0.3) is 5.91 Å². The van der Waals surface area contributed by atoms with E-state index in [-0.39, 0.29) is 18.4 Å². The number of benzene rings is 2. The molecule has 0 aromatic heterocycles. The quantitative estimate of drug-likeness (QED) is 0.160. The van der Waals surface area contributed by atoms with E-state index in [0.29, 0.717) is 33.8 Å². The van der Waals surface area contributed by atoms with Gasteiger partial charge in [0.1, 0.15) is 18.7 Å². The number of amides is 5. The number of halogens is 1. The standard InChI is InChI=1S/C29H38IN5O6/c1-17(2)15-31-29(40)41-16-20-6-10-23(11-7-20)34-26(37)19(5)32-28(39)25(18(3)4)35-27(38)21-8-12-22(13-9-21)33-24(36)14-30/h6-13,17-19,25H,14-16H2,1-5H3,(H,31,40)(H,32,39)(H,33,36)(H,34,37)(H,35,38)/t19-,25-/m0/s1. The van der Waals surface area contributed by atoms with Crippen molar-refractivity contribution in [2.75, 3.05) is 21.6 Å². The second kappa shape index (κ2) is 16.6. The number of hydrogen-bond donors (Lipinski definition) is 5. The number of alkyl halides is 1. The van der Waals surface area contributed by atoms with E-state index in [9.17, 15) is 24.0 Å². The summed E-state index contributed by atoms with van der Waals surface area (Å²) in [6.45, 7) is 9.71. The highest BCUT2D eigenvalue weighted by molar-refractivity contribution is 14.1. The molecule has 0 saturated heterocycles.